The largest absolute Gasteiger partial charge is 0.237 e. The summed E-state index contributed by atoms with van der Waals surface area (Å²) >= 11 is 0. The van der Waals surface area contributed by atoms with Crippen molar-refractivity contribution in [3.8, 4) is 0 Å². The summed E-state index contributed by atoms with van der Waals surface area (Å²) in [4.78, 5) is 9.06. The Morgan fingerprint density at radius 2 is 2.00 bits per heavy atom. The van der Waals surface area contributed by atoms with E-state index in [4.69, 9.17) is 4.98 Å². The predicted octanol–water partition coefficient (Wildman–Crippen LogP) is 3.06. The lowest BCUT2D eigenvalue weighted by atomic mass is 10.1. The van der Waals surface area contributed by atoms with E-state index >= 15 is 0 Å². The smallest absolute Gasteiger partial charge is 0.166 e. The molecular formula is C16H16N4. The highest BCUT2D eigenvalue weighted by atomic mass is 15.3. The molecule has 2 heterocycles. The minimum absolute atomic E-state index is 0.748. The molecule has 0 fully saturated rings. The van der Waals surface area contributed by atoms with E-state index in [0.29, 0.717) is 0 Å². The molecule has 4 heteroatoms. The minimum atomic E-state index is 0.748. The molecule has 0 N–H and O–H groups in total. The predicted molar refractivity (Wildman–Crippen MR) is 79.5 cm³/mol. The first kappa shape index (κ1) is 12.5. The maximum absolute atomic E-state index is 4.70. The number of hydrogen-bond donors (Lipinski definition) is 0. The van der Waals surface area contributed by atoms with Crippen molar-refractivity contribution >= 4 is 11.7 Å². The SMILES string of the molecule is C/C=C/c1c(C)nc(Cc2ccccc2)n2ncnc12. The van der Waals surface area contributed by atoms with Crippen LogP contribution in [-0.4, -0.2) is 19.6 Å². The van der Waals surface area contributed by atoms with Crippen LogP contribution < -0.4 is 0 Å². The molecule has 0 spiro atoms. The van der Waals surface area contributed by atoms with Crippen molar-refractivity contribution in [2.24, 2.45) is 0 Å². The first-order valence-electron chi connectivity index (χ1n) is 6.65. The zero-order valence-electron chi connectivity index (χ0n) is 11.6. The first-order valence-corrected chi connectivity index (χ1v) is 6.65. The maximum atomic E-state index is 4.70. The normalized spacial score (nSPS) is 11.5. The molecule has 20 heavy (non-hydrogen) atoms. The summed E-state index contributed by atoms with van der Waals surface area (Å²) in [5.41, 5.74) is 4.09. The Bertz CT molecular complexity index is 757. The quantitative estimate of drug-likeness (QED) is 0.730. The third-order valence-corrected chi connectivity index (χ3v) is 3.26. The zero-order chi connectivity index (χ0) is 13.9. The fourth-order valence-electron chi connectivity index (χ4n) is 2.33. The minimum Gasteiger partial charge on any atom is -0.237 e. The number of nitrogens with zero attached hydrogens (tertiary/aromatic N) is 4. The number of hydrogen-bond acceptors (Lipinski definition) is 3. The third-order valence-electron chi connectivity index (χ3n) is 3.26. The van der Waals surface area contributed by atoms with Gasteiger partial charge in [0, 0.05) is 12.0 Å². The topological polar surface area (TPSA) is 43.1 Å². The highest BCUT2D eigenvalue weighted by Crippen LogP contribution is 2.17. The second-order valence-corrected chi connectivity index (χ2v) is 4.68. The van der Waals surface area contributed by atoms with Gasteiger partial charge in [-0.05, 0) is 19.4 Å². The monoisotopic (exact) mass is 264 g/mol. The van der Waals surface area contributed by atoms with Crippen molar-refractivity contribution in [3.05, 3.63) is 65.4 Å². The van der Waals surface area contributed by atoms with Crippen LogP contribution in [0.1, 0.15) is 29.6 Å². The van der Waals surface area contributed by atoms with Gasteiger partial charge in [-0.2, -0.15) is 9.61 Å². The van der Waals surface area contributed by atoms with Gasteiger partial charge < -0.3 is 0 Å². The molecular weight excluding hydrogens is 248 g/mol. The zero-order valence-corrected chi connectivity index (χ0v) is 11.6. The summed E-state index contributed by atoms with van der Waals surface area (Å²) < 4.78 is 1.83. The van der Waals surface area contributed by atoms with Crippen LogP contribution in [0, 0.1) is 6.92 Å². The number of fused-ring (bicyclic) bond motifs is 1. The molecule has 100 valence electrons. The van der Waals surface area contributed by atoms with Gasteiger partial charge in [0.2, 0.25) is 0 Å². The average Bonchev–Trinajstić information content (AvgIpc) is 2.94. The molecule has 0 unspecified atom stereocenters. The Hall–Kier alpha value is -2.49. The molecule has 2 aromatic heterocycles. The summed E-state index contributed by atoms with van der Waals surface area (Å²) in [6.07, 6.45) is 6.35. The van der Waals surface area contributed by atoms with Crippen LogP contribution in [0.3, 0.4) is 0 Å². The van der Waals surface area contributed by atoms with E-state index in [-0.39, 0.29) is 0 Å². The molecule has 0 bridgehead atoms. The fraction of sp³-hybridized carbons (Fsp3) is 0.188. The van der Waals surface area contributed by atoms with Crippen molar-refractivity contribution < 1.29 is 0 Å². The van der Waals surface area contributed by atoms with Gasteiger partial charge in [-0.3, -0.25) is 0 Å². The van der Waals surface area contributed by atoms with E-state index in [0.717, 1.165) is 29.1 Å². The van der Waals surface area contributed by atoms with Gasteiger partial charge in [0.25, 0.3) is 0 Å². The summed E-state index contributed by atoms with van der Waals surface area (Å²) in [6.45, 7) is 4.00. The van der Waals surface area contributed by atoms with Crippen LogP contribution in [0.4, 0.5) is 0 Å². The molecule has 3 rings (SSSR count). The molecule has 0 radical (unpaired) electrons. The molecule has 4 nitrogen and oxygen atoms in total. The van der Waals surface area contributed by atoms with Crippen LogP contribution in [0.5, 0.6) is 0 Å². The third kappa shape index (κ3) is 2.20. The summed E-state index contributed by atoms with van der Waals surface area (Å²) in [7, 11) is 0. The molecule has 0 atom stereocenters. The summed E-state index contributed by atoms with van der Waals surface area (Å²) in [5, 5.41) is 4.31. The van der Waals surface area contributed by atoms with E-state index in [9.17, 15) is 0 Å². The van der Waals surface area contributed by atoms with Crippen molar-refractivity contribution in [1.29, 1.82) is 0 Å². The Morgan fingerprint density at radius 3 is 2.75 bits per heavy atom. The lowest BCUT2D eigenvalue weighted by Crippen LogP contribution is -2.07. The Balaban J connectivity index is 2.13. The van der Waals surface area contributed by atoms with Gasteiger partial charge in [-0.15, -0.1) is 0 Å². The van der Waals surface area contributed by atoms with Crippen LogP contribution in [0.25, 0.3) is 11.7 Å². The van der Waals surface area contributed by atoms with E-state index in [2.05, 4.69) is 22.2 Å². The molecule has 0 aliphatic rings. The van der Waals surface area contributed by atoms with E-state index < -0.39 is 0 Å². The van der Waals surface area contributed by atoms with Gasteiger partial charge in [0.05, 0.1) is 5.69 Å². The average molecular weight is 264 g/mol. The van der Waals surface area contributed by atoms with Crippen molar-refractivity contribution in [2.45, 2.75) is 20.3 Å². The number of rotatable bonds is 3. The van der Waals surface area contributed by atoms with E-state index in [1.807, 2.05) is 48.7 Å². The van der Waals surface area contributed by atoms with Crippen molar-refractivity contribution in [2.75, 3.05) is 0 Å². The lowest BCUT2D eigenvalue weighted by molar-refractivity contribution is 0.814. The highest BCUT2D eigenvalue weighted by molar-refractivity contribution is 5.66. The van der Waals surface area contributed by atoms with Crippen LogP contribution in [0.2, 0.25) is 0 Å². The van der Waals surface area contributed by atoms with Crippen molar-refractivity contribution in [3.63, 3.8) is 0 Å². The number of aryl methyl sites for hydroxylation is 1. The fourth-order valence-corrected chi connectivity index (χ4v) is 2.33. The molecule has 0 saturated heterocycles. The number of allylic oxidation sites excluding steroid dienone is 1. The van der Waals surface area contributed by atoms with Gasteiger partial charge in [0.15, 0.2) is 5.65 Å². The molecule has 0 aliphatic carbocycles. The van der Waals surface area contributed by atoms with Crippen molar-refractivity contribution in [1.82, 2.24) is 19.6 Å². The maximum Gasteiger partial charge on any atom is 0.166 e. The molecule has 0 saturated carbocycles. The Labute approximate surface area is 117 Å². The summed E-state index contributed by atoms with van der Waals surface area (Å²) in [6, 6.07) is 10.3. The van der Waals surface area contributed by atoms with E-state index in [1.54, 1.807) is 6.33 Å². The van der Waals surface area contributed by atoms with Gasteiger partial charge >= 0.3 is 0 Å². The second-order valence-electron chi connectivity index (χ2n) is 4.68. The molecule has 0 aliphatic heterocycles. The van der Waals surface area contributed by atoms with Gasteiger partial charge in [0.1, 0.15) is 12.2 Å². The number of benzene rings is 1. The molecule has 1 aromatic carbocycles. The van der Waals surface area contributed by atoms with Crippen LogP contribution >= 0.6 is 0 Å². The van der Waals surface area contributed by atoms with Crippen LogP contribution in [-0.2, 0) is 6.42 Å². The van der Waals surface area contributed by atoms with Gasteiger partial charge in [-0.1, -0.05) is 42.5 Å². The standard InChI is InChI=1S/C16H16N4/c1-3-7-14-12(2)19-15(20-16(14)17-11-18-20)10-13-8-5-4-6-9-13/h3-9,11H,10H2,1-2H3/b7-3+. The Morgan fingerprint density at radius 1 is 1.20 bits per heavy atom. The van der Waals surface area contributed by atoms with Gasteiger partial charge in [-0.25, -0.2) is 9.97 Å². The van der Waals surface area contributed by atoms with Crippen LogP contribution in [0.15, 0.2) is 42.7 Å². The first-order chi connectivity index (χ1) is 9.79. The second kappa shape index (κ2) is 5.25. The molecule has 3 aromatic rings. The number of aromatic nitrogens is 4. The highest BCUT2D eigenvalue weighted by Gasteiger charge is 2.11. The molecule has 0 amide bonds. The van der Waals surface area contributed by atoms with E-state index in [1.165, 1.54) is 5.56 Å². The summed E-state index contributed by atoms with van der Waals surface area (Å²) in [5.74, 6) is 0.912. The lowest BCUT2D eigenvalue weighted by Gasteiger charge is -2.08. The Kier molecular flexibility index (Phi) is 3.29.